The molecule has 0 fully saturated rings. The molecule has 0 saturated heterocycles. The topological polar surface area (TPSA) is 72.6 Å². The average molecular weight is 314 g/mol. The Hall–Kier alpha value is -2.25. The maximum Gasteiger partial charge on any atom is 0.429 e. The number of nitrogens with zero attached hydrogens (tertiary/aromatic N) is 2. The highest BCUT2D eigenvalue weighted by molar-refractivity contribution is 6.18. The van der Waals surface area contributed by atoms with E-state index >= 15 is 0 Å². The highest BCUT2D eigenvalue weighted by Crippen LogP contribution is 2.40. The van der Waals surface area contributed by atoms with E-state index in [1.165, 1.54) is 12.1 Å². The number of rotatable bonds is 3. The molecule has 0 spiro atoms. The first-order valence-electron chi connectivity index (χ1n) is 6.65. The number of benzene rings is 1. The van der Waals surface area contributed by atoms with Crippen LogP contribution in [-0.2, 0) is 0 Å². The molecule has 1 atom stereocenters. The number of carbonyl (C=O) groups is 1. The third kappa shape index (κ3) is 2.86. The first-order valence-corrected chi connectivity index (χ1v) is 6.65. The summed E-state index contributed by atoms with van der Waals surface area (Å²) < 4.78 is 38.3. The van der Waals surface area contributed by atoms with Gasteiger partial charge in [0.1, 0.15) is 5.71 Å². The minimum atomic E-state index is -4.78. The fraction of sp³-hybridized carbons (Fsp3) is 0.429. The first kappa shape index (κ1) is 16.1. The summed E-state index contributed by atoms with van der Waals surface area (Å²) in [4.78, 5) is 25.7. The minimum Gasteiger partial charge on any atom is -0.294 e. The normalized spacial score (nSPS) is 16.0. The van der Waals surface area contributed by atoms with E-state index in [1.807, 2.05) is 13.8 Å². The largest absolute Gasteiger partial charge is 0.429 e. The molecule has 1 aromatic carbocycles. The monoisotopic (exact) mass is 314 g/mol. The van der Waals surface area contributed by atoms with Crippen LogP contribution in [0.2, 0.25) is 0 Å². The number of Topliss-reactive ketones (excluding diaryl/α,β-unsaturated/α-hetero) is 1. The van der Waals surface area contributed by atoms with Gasteiger partial charge in [0, 0.05) is 6.07 Å². The number of nitro benzene ring substituents is 1. The maximum absolute atomic E-state index is 12.8. The van der Waals surface area contributed by atoms with Crippen LogP contribution >= 0.6 is 0 Å². The predicted molar refractivity (Wildman–Crippen MR) is 73.9 cm³/mol. The van der Waals surface area contributed by atoms with Crippen molar-refractivity contribution in [1.29, 1.82) is 0 Å². The number of hydrogen-bond acceptors (Lipinski definition) is 4. The van der Waals surface area contributed by atoms with Gasteiger partial charge in [-0.15, -0.1) is 0 Å². The summed E-state index contributed by atoms with van der Waals surface area (Å²) in [7, 11) is 0. The Kier molecular flexibility index (Phi) is 4.04. The third-order valence-corrected chi connectivity index (χ3v) is 3.69. The Morgan fingerprint density at radius 3 is 2.55 bits per heavy atom. The molecule has 0 saturated carbocycles. The molecule has 0 amide bonds. The number of alkyl halides is 3. The zero-order valence-corrected chi connectivity index (χ0v) is 11.9. The van der Waals surface area contributed by atoms with Crippen molar-refractivity contribution in [1.82, 2.24) is 0 Å². The summed E-state index contributed by atoms with van der Waals surface area (Å²) in [6.07, 6.45) is -4.99. The second-order valence-corrected chi connectivity index (χ2v) is 5.16. The van der Waals surface area contributed by atoms with Gasteiger partial charge in [0.25, 0.3) is 5.69 Å². The Morgan fingerprint density at radius 2 is 2.05 bits per heavy atom. The van der Waals surface area contributed by atoms with Crippen molar-refractivity contribution < 1.29 is 22.9 Å². The molecular weight excluding hydrogens is 301 g/mol. The van der Waals surface area contributed by atoms with E-state index in [2.05, 4.69) is 4.99 Å². The van der Waals surface area contributed by atoms with Crippen LogP contribution in [0.4, 0.5) is 24.5 Å². The lowest BCUT2D eigenvalue weighted by Crippen LogP contribution is -2.28. The van der Waals surface area contributed by atoms with Gasteiger partial charge in [-0.1, -0.05) is 13.8 Å². The predicted octanol–water partition coefficient (Wildman–Crippen LogP) is 4.33. The molecule has 5 nitrogen and oxygen atoms in total. The van der Waals surface area contributed by atoms with Gasteiger partial charge in [-0.25, -0.2) is 4.99 Å². The summed E-state index contributed by atoms with van der Waals surface area (Å²) in [5.74, 6) is -0.852. The van der Waals surface area contributed by atoms with E-state index in [9.17, 15) is 28.1 Å². The summed E-state index contributed by atoms with van der Waals surface area (Å²) in [5, 5.41) is 11.1. The van der Waals surface area contributed by atoms with E-state index < -0.39 is 40.4 Å². The van der Waals surface area contributed by atoms with E-state index in [-0.39, 0.29) is 11.5 Å². The minimum absolute atomic E-state index is 0.0511. The zero-order valence-electron chi connectivity index (χ0n) is 11.9. The van der Waals surface area contributed by atoms with Crippen LogP contribution in [0.5, 0.6) is 0 Å². The third-order valence-electron chi connectivity index (χ3n) is 3.69. The fourth-order valence-electron chi connectivity index (χ4n) is 2.22. The maximum atomic E-state index is 12.8. The van der Waals surface area contributed by atoms with E-state index in [0.29, 0.717) is 12.0 Å². The van der Waals surface area contributed by atoms with Crippen LogP contribution in [0.1, 0.15) is 48.5 Å². The van der Waals surface area contributed by atoms with Crippen LogP contribution in [0.3, 0.4) is 0 Å². The standard InChI is InChI=1S/C14H13F3N2O3/c1-3-7(2)8-4-9-11(20)6-12(14(15,16)17)18-13(9)10(5-8)19(21)22/h4-5,7H,3,6H2,1-2H3. The van der Waals surface area contributed by atoms with Crippen LogP contribution in [0.15, 0.2) is 17.1 Å². The number of halogens is 3. The van der Waals surface area contributed by atoms with Gasteiger partial charge in [0.15, 0.2) is 11.5 Å². The molecule has 0 aliphatic carbocycles. The Bertz CT molecular complexity index is 681. The number of nitro groups is 1. The van der Waals surface area contributed by atoms with Gasteiger partial charge < -0.3 is 0 Å². The van der Waals surface area contributed by atoms with Gasteiger partial charge in [-0.2, -0.15) is 13.2 Å². The summed E-state index contributed by atoms with van der Waals surface area (Å²) in [6.45, 7) is 3.70. The Labute approximate surface area is 124 Å². The van der Waals surface area contributed by atoms with Gasteiger partial charge in [-0.05, 0) is 24.0 Å². The van der Waals surface area contributed by atoms with Gasteiger partial charge in [0.05, 0.1) is 16.9 Å². The number of aliphatic imine (C=N–C) groups is 1. The molecule has 1 aliphatic heterocycles. The van der Waals surface area contributed by atoms with Crippen molar-refractivity contribution in [3.63, 3.8) is 0 Å². The van der Waals surface area contributed by atoms with Crippen molar-refractivity contribution in [2.75, 3.05) is 0 Å². The molecular formula is C14H13F3N2O3. The molecule has 8 heteroatoms. The molecule has 1 aliphatic rings. The molecule has 118 valence electrons. The van der Waals surface area contributed by atoms with Gasteiger partial charge >= 0.3 is 6.18 Å². The van der Waals surface area contributed by atoms with Gasteiger partial charge in [-0.3, -0.25) is 14.9 Å². The SMILES string of the molecule is CCC(C)c1cc2c(c([N+](=O)[O-])c1)N=C(C(F)(F)F)CC2=O. The van der Waals surface area contributed by atoms with Crippen molar-refractivity contribution >= 4 is 22.9 Å². The highest BCUT2D eigenvalue weighted by Gasteiger charge is 2.41. The quantitative estimate of drug-likeness (QED) is 0.615. The second-order valence-electron chi connectivity index (χ2n) is 5.16. The first-order chi connectivity index (χ1) is 10.1. The van der Waals surface area contributed by atoms with Crippen molar-refractivity contribution in [2.45, 2.75) is 38.8 Å². The summed E-state index contributed by atoms with van der Waals surface area (Å²) >= 11 is 0. The second kappa shape index (κ2) is 5.51. The number of fused-ring (bicyclic) bond motifs is 1. The number of carbonyl (C=O) groups excluding carboxylic acids is 1. The molecule has 2 rings (SSSR count). The van der Waals surface area contributed by atoms with Crippen molar-refractivity contribution in [2.24, 2.45) is 4.99 Å². The molecule has 1 unspecified atom stereocenters. The van der Waals surface area contributed by atoms with Crippen molar-refractivity contribution in [3.05, 3.63) is 33.4 Å². The molecule has 1 aromatic rings. The lowest BCUT2D eigenvalue weighted by molar-refractivity contribution is -0.384. The van der Waals surface area contributed by atoms with E-state index in [1.54, 1.807) is 0 Å². The van der Waals surface area contributed by atoms with E-state index in [4.69, 9.17) is 0 Å². The van der Waals surface area contributed by atoms with E-state index in [0.717, 1.165) is 0 Å². The number of hydrogen-bond donors (Lipinski definition) is 0. The smallest absolute Gasteiger partial charge is 0.294 e. The van der Waals surface area contributed by atoms with Crippen LogP contribution in [-0.4, -0.2) is 22.6 Å². The summed E-state index contributed by atoms with van der Waals surface area (Å²) in [5.41, 5.74) is -1.93. The van der Waals surface area contributed by atoms with Gasteiger partial charge in [0.2, 0.25) is 0 Å². The number of ketones is 1. The zero-order chi connectivity index (χ0) is 16.7. The summed E-state index contributed by atoms with van der Waals surface area (Å²) in [6, 6.07) is 2.61. The van der Waals surface area contributed by atoms with Crippen LogP contribution in [0.25, 0.3) is 0 Å². The molecule has 0 N–H and O–H groups in total. The molecule has 1 heterocycles. The van der Waals surface area contributed by atoms with Crippen LogP contribution < -0.4 is 0 Å². The Morgan fingerprint density at radius 1 is 1.41 bits per heavy atom. The van der Waals surface area contributed by atoms with Crippen LogP contribution in [0, 0.1) is 10.1 Å². The lowest BCUT2D eigenvalue weighted by atomic mass is 9.91. The highest BCUT2D eigenvalue weighted by atomic mass is 19.4. The lowest BCUT2D eigenvalue weighted by Gasteiger charge is -2.18. The molecule has 0 radical (unpaired) electrons. The Balaban J connectivity index is 2.71. The van der Waals surface area contributed by atoms with Crippen molar-refractivity contribution in [3.8, 4) is 0 Å². The molecule has 0 aromatic heterocycles. The molecule has 22 heavy (non-hydrogen) atoms. The average Bonchev–Trinajstić information content (AvgIpc) is 2.44. The fourth-order valence-corrected chi connectivity index (χ4v) is 2.22. The molecule has 0 bridgehead atoms.